The third-order valence-corrected chi connectivity index (χ3v) is 10.2. The molecule has 3 aliphatic rings. The smallest absolute Gasteiger partial charge is 0.248 e. The Kier molecular flexibility index (Phi) is 6.83. The summed E-state index contributed by atoms with van der Waals surface area (Å²) in [6.45, 7) is 3.97. The van der Waals surface area contributed by atoms with Crippen molar-refractivity contribution in [2.45, 2.75) is 53.6 Å². The number of carbonyl (C=O) groups is 3. The highest BCUT2D eigenvalue weighted by atomic mass is 79.9. The highest BCUT2D eigenvalue weighted by molar-refractivity contribution is 9.09. The molecule has 1 spiro atoms. The number of halogens is 2. The average Bonchev–Trinajstić information content (AvgIpc) is 3.36. The first kappa shape index (κ1) is 23.9. The van der Waals surface area contributed by atoms with Crippen molar-refractivity contribution in [2.24, 2.45) is 11.8 Å². The van der Waals surface area contributed by atoms with Gasteiger partial charge in [0, 0.05) is 16.6 Å². The van der Waals surface area contributed by atoms with Crippen LogP contribution in [0.4, 0.5) is 5.69 Å². The zero-order valence-electron chi connectivity index (χ0n) is 17.9. The van der Waals surface area contributed by atoms with Gasteiger partial charge in [0.15, 0.2) is 0 Å². The van der Waals surface area contributed by atoms with Crippen molar-refractivity contribution in [3.05, 3.63) is 29.3 Å². The molecule has 174 valence electrons. The van der Waals surface area contributed by atoms with Gasteiger partial charge in [0.1, 0.15) is 6.04 Å². The fourth-order valence-corrected chi connectivity index (χ4v) is 9.14. The molecule has 0 saturated carbocycles. The van der Waals surface area contributed by atoms with Crippen LogP contribution in [0.3, 0.4) is 0 Å². The number of hydrogen-bond donors (Lipinski definition) is 3. The first-order chi connectivity index (χ1) is 15.3. The van der Waals surface area contributed by atoms with Gasteiger partial charge in [0.2, 0.25) is 17.7 Å². The fourth-order valence-electron chi connectivity index (χ4n) is 5.36. The van der Waals surface area contributed by atoms with Crippen LogP contribution in [0.1, 0.15) is 26.7 Å². The van der Waals surface area contributed by atoms with Crippen molar-refractivity contribution in [1.82, 2.24) is 10.2 Å². The maximum atomic E-state index is 13.7. The lowest BCUT2D eigenvalue weighted by Gasteiger charge is -2.36. The zero-order valence-corrected chi connectivity index (χ0v) is 21.0. The van der Waals surface area contributed by atoms with Crippen molar-refractivity contribution in [3.63, 3.8) is 0 Å². The van der Waals surface area contributed by atoms with E-state index in [1.54, 1.807) is 43.0 Å². The Morgan fingerprint density at radius 2 is 2.09 bits per heavy atom. The zero-order chi connectivity index (χ0) is 23.2. The number of nitrogens with zero attached hydrogens (tertiary/aromatic N) is 1. The summed E-state index contributed by atoms with van der Waals surface area (Å²) in [6.07, 6.45) is 1.39. The topological polar surface area (TPSA) is 98.7 Å². The van der Waals surface area contributed by atoms with Crippen molar-refractivity contribution < 1.29 is 19.5 Å². The maximum absolute atomic E-state index is 13.7. The molecular formula is C22H27BrClN3O4S. The molecule has 3 amide bonds. The van der Waals surface area contributed by atoms with E-state index in [1.807, 2.05) is 6.92 Å². The number of likely N-dealkylation sites (tertiary alicyclic amines) is 1. The summed E-state index contributed by atoms with van der Waals surface area (Å²) in [6, 6.07) is 5.56. The Bertz CT molecular complexity index is 936. The summed E-state index contributed by atoms with van der Waals surface area (Å²) in [5.41, 5.74) is 0.466. The number of aliphatic hydroxyl groups excluding tert-OH is 1. The molecule has 0 aliphatic carbocycles. The van der Waals surface area contributed by atoms with Crippen LogP contribution < -0.4 is 10.6 Å². The number of para-hydroxylation sites is 1. The monoisotopic (exact) mass is 543 g/mol. The van der Waals surface area contributed by atoms with E-state index < -0.39 is 28.7 Å². The van der Waals surface area contributed by atoms with Crippen LogP contribution in [0.5, 0.6) is 0 Å². The van der Waals surface area contributed by atoms with Gasteiger partial charge in [-0.3, -0.25) is 14.4 Å². The Hall–Kier alpha value is -1.29. The van der Waals surface area contributed by atoms with E-state index in [9.17, 15) is 19.5 Å². The number of fused-ring (bicyclic) bond motifs is 1. The second kappa shape index (κ2) is 9.16. The minimum Gasteiger partial charge on any atom is -0.394 e. The van der Waals surface area contributed by atoms with Crippen LogP contribution in [0.2, 0.25) is 5.02 Å². The van der Waals surface area contributed by atoms with Gasteiger partial charge >= 0.3 is 0 Å². The molecule has 3 saturated heterocycles. The van der Waals surface area contributed by atoms with E-state index >= 15 is 0 Å². The van der Waals surface area contributed by atoms with Crippen molar-refractivity contribution in [1.29, 1.82) is 0 Å². The lowest BCUT2D eigenvalue weighted by molar-refractivity contribution is -0.141. The number of carbonyl (C=O) groups excluding carboxylic acids is 3. The number of hydrogen-bond acceptors (Lipinski definition) is 5. The second-order valence-electron chi connectivity index (χ2n) is 8.70. The molecule has 2 bridgehead atoms. The fraction of sp³-hybridized carbons (Fsp3) is 0.591. The van der Waals surface area contributed by atoms with Crippen molar-refractivity contribution >= 4 is 62.7 Å². The largest absolute Gasteiger partial charge is 0.394 e. The number of alkyl halides is 1. The van der Waals surface area contributed by atoms with Crippen LogP contribution in [-0.4, -0.2) is 67.8 Å². The molecule has 4 rings (SSSR count). The molecule has 7 nitrogen and oxygen atoms in total. The molecule has 3 fully saturated rings. The summed E-state index contributed by atoms with van der Waals surface area (Å²) in [5.74, 6) is -1.87. The van der Waals surface area contributed by atoms with Crippen molar-refractivity contribution in [2.75, 3.05) is 18.5 Å². The Morgan fingerprint density at radius 1 is 1.38 bits per heavy atom. The SMILES string of the molecule is CCCNC(=O)[C@H]1[C@H]2C(=O)N([C@H](C)CO)C(C(=O)Nc3ccccc3Cl)C23CC(Br)[C@@H]1S3. The quantitative estimate of drug-likeness (QED) is 0.459. The van der Waals surface area contributed by atoms with Crippen LogP contribution in [0, 0.1) is 11.8 Å². The number of aliphatic hydroxyl groups is 1. The molecule has 1 aromatic carbocycles. The molecule has 3 aliphatic heterocycles. The Morgan fingerprint density at radius 3 is 2.75 bits per heavy atom. The average molecular weight is 545 g/mol. The maximum Gasteiger partial charge on any atom is 0.248 e. The van der Waals surface area contributed by atoms with Gasteiger partial charge in [0.25, 0.3) is 0 Å². The third kappa shape index (κ3) is 3.65. The highest BCUT2D eigenvalue weighted by Gasteiger charge is 2.75. The number of anilines is 1. The van der Waals surface area contributed by atoms with Crippen molar-refractivity contribution in [3.8, 4) is 0 Å². The molecule has 7 atom stereocenters. The number of nitrogens with one attached hydrogen (secondary N) is 2. The van der Waals surface area contributed by atoms with Gasteiger partial charge in [-0.25, -0.2) is 0 Å². The predicted octanol–water partition coefficient (Wildman–Crippen LogP) is 2.65. The standard InChI is InChI=1S/C22H27BrClN3O4S/c1-3-8-25-19(29)15-16-21(31)27(11(2)10-28)18(22(16)9-12(23)17(15)32-22)20(30)26-14-7-5-4-6-13(14)24/h4-7,11-12,15-18,28H,3,8-10H2,1-2H3,(H,25,29)(H,26,30)/t11-,12?,15+,16+,17+,18?,22?/m1/s1. The summed E-state index contributed by atoms with van der Waals surface area (Å²) in [5, 5.41) is 16.0. The van der Waals surface area contributed by atoms with Crippen LogP contribution >= 0.6 is 39.3 Å². The lowest BCUT2D eigenvalue weighted by atomic mass is 9.70. The highest BCUT2D eigenvalue weighted by Crippen LogP contribution is 2.68. The Labute approximate surface area is 205 Å². The Balaban J connectivity index is 1.73. The van der Waals surface area contributed by atoms with E-state index in [0.717, 1.165) is 6.42 Å². The van der Waals surface area contributed by atoms with Crippen LogP contribution in [-0.2, 0) is 14.4 Å². The summed E-state index contributed by atoms with van der Waals surface area (Å²) < 4.78 is -0.751. The number of rotatable bonds is 7. The van der Waals surface area contributed by atoms with Gasteiger partial charge in [-0.15, -0.1) is 11.8 Å². The second-order valence-corrected chi connectivity index (χ2v) is 11.8. The van der Waals surface area contributed by atoms with E-state index in [4.69, 9.17) is 11.6 Å². The lowest BCUT2D eigenvalue weighted by Crippen LogP contribution is -2.55. The van der Waals surface area contributed by atoms with Gasteiger partial charge in [-0.05, 0) is 31.9 Å². The van der Waals surface area contributed by atoms with E-state index in [1.165, 1.54) is 4.90 Å². The minimum absolute atomic E-state index is 0.00826. The first-order valence-electron chi connectivity index (χ1n) is 10.8. The van der Waals surface area contributed by atoms with Gasteiger partial charge in [-0.1, -0.05) is 46.6 Å². The molecule has 3 heterocycles. The van der Waals surface area contributed by atoms with E-state index in [0.29, 0.717) is 23.7 Å². The number of benzene rings is 1. The molecule has 0 radical (unpaired) electrons. The summed E-state index contributed by atoms with van der Waals surface area (Å²) in [4.78, 5) is 41.9. The summed E-state index contributed by atoms with van der Waals surface area (Å²) in [7, 11) is 0. The van der Waals surface area contributed by atoms with Crippen LogP contribution in [0.25, 0.3) is 0 Å². The summed E-state index contributed by atoms with van der Waals surface area (Å²) >= 11 is 11.5. The van der Waals surface area contributed by atoms with Gasteiger partial charge in [-0.2, -0.15) is 0 Å². The minimum atomic E-state index is -0.822. The molecular weight excluding hydrogens is 518 g/mol. The van der Waals surface area contributed by atoms with E-state index in [-0.39, 0.29) is 34.4 Å². The predicted molar refractivity (Wildman–Crippen MR) is 129 cm³/mol. The number of thioether (sulfide) groups is 1. The normalized spacial score (nSPS) is 33.8. The molecule has 32 heavy (non-hydrogen) atoms. The molecule has 3 N–H and O–H groups in total. The molecule has 0 aromatic heterocycles. The van der Waals surface area contributed by atoms with Gasteiger partial charge < -0.3 is 20.6 Å². The molecule has 10 heteroatoms. The molecule has 1 aromatic rings. The van der Waals surface area contributed by atoms with Gasteiger partial charge in [0.05, 0.1) is 39.9 Å². The third-order valence-electron chi connectivity index (χ3n) is 6.70. The number of amides is 3. The first-order valence-corrected chi connectivity index (χ1v) is 13.0. The van der Waals surface area contributed by atoms with E-state index in [2.05, 4.69) is 26.6 Å². The molecule has 3 unspecified atom stereocenters. The van der Waals surface area contributed by atoms with Crippen LogP contribution in [0.15, 0.2) is 24.3 Å².